The van der Waals surface area contributed by atoms with E-state index in [1.165, 1.54) is 78.9 Å². The third-order valence-corrected chi connectivity index (χ3v) is 15.9. The van der Waals surface area contributed by atoms with Crippen molar-refractivity contribution in [2.24, 2.45) is 0 Å². The molecule has 0 saturated heterocycles. The number of para-hydroxylation sites is 2. The molecule has 0 amide bonds. The summed E-state index contributed by atoms with van der Waals surface area (Å²) >= 11 is 3.72. The summed E-state index contributed by atoms with van der Waals surface area (Å²) in [5, 5.41) is 7.65. The molecule has 13 rings (SSSR count). The maximum Gasteiger partial charge on any atom is 0.0488 e. The summed E-state index contributed by atoms with van der Waals surface area (Å²) in [5.41, 5.74) is 14.2. The van der Waals surface area contributed by atoms with Crippen LogP contribution in [0.1, 0.15) is 25.0 Å². The Kier molecular flexibility index (Phi) is 8.64. The van der Waals surface area contributed by atoms with Crippen LogP contribution in [0.4, 0.5) is 34.1 Å². The molecule has 0 spiro atoms. The third kappa shape index (κ3) is 6.05. The quantitative estimate of drug-likeness (QED) is 0.157. The first-order valence-corrected chi connectivity index (χ1v) is 24.0. The Bertz CT molecular complexity index is 3650. The van der Waals surface area contributed by atoms with Gasteiger partial charge in [-0.15, -0.1) is 22.7 Å². The summed E-state index contributed by atoms with van der Waals surface area (Å²) < 4.78 is 5.18. The zero-order valence-electron chi connectivity index (χ0n) is 36.0. The summed E-state index contributed by atoms with van der Waals surface area (Å²) in [5.74, 6) is 0. The van der Waals surface area contributed by atoms with E-state index in [1.807, 2.05) is 22.7 Å². The van der Waals surface area contributed by atoms with E-state index in [0.717, 1.165) is 39.7 Å². The van der Waals surface area contributed by atoms with Crippen LogP contribution in [0.25, 0.3) is 73.4 Å². The Morgan fingerprint density at radius 1 is 0.308 bits per heavy atom. The molecule has 1 aliphatic rings. The molecule has 2 aromatic heterocycles. The SMILES string of the molecule is CC1(C)c2ccccc2-c2c1cc(-c1cc(N(c3ccccc3)c3ccc4sc5ccccc5c4c3)cc(N(c3ccccc3)c3ccc4sc5ccccc5c4c3)c1)c1ccccc21. The van der Waals surface area contributed by atoms with E-state index in [4.69, 9.17) is 0 Å². The Morgan fingerprint density at radius 2 is 0.769 bits per heavy atom. The molecule has 0 N–H and O–H groups in total. The van der Waals surface area contributed by atoms with Gasteiger partial charge in [0.2, 0.25) is 0 Å². The van der Waals surface area contributed by atoms with Crippen molar-refractivity contribution in [3.63, 3.8) is 0 Å². The molecule has 0 unspecified atom stereocenters. The van der Waals surface area contributed by atoms with Crippen LogP contribution in [0, 0.1) is 0 Å². The second kappa shape index (κ2) is 14.8. The smallest absolute Gasteiger partial charge is 0.0488 e. The van der Waals surface area contributed by atoms with Gasteiger partial charge in [-0.3, -0.25) is 0 Å². The van der Waals surface area contributed by atoms with Crippen LogP contribution in [0.15, 0.2) is 218 Å². The number of hydrogen-bond acceptors (Lipinski definition) is 4. The predicted molar refractivity (Wildman–Crippen MR) is 282 cm³/mol. The first-order chi connectivity index (χ1) is 32.0. The van der Waals surface area contributed by atoms with Crippen LogP contribution >= 0.6 is 22.7 Å². The van der Waals surface area contributed by atoms with Gasteiger partial charge < -0.3 is 9.80 Å². The van der Waals surface area contributed by atoms with E-state index < -0.39 is 0 Å². The lowest BCUT2D eigenvalue weighted by atomic mass is 9.80. The Balaban J connectivity index is 1.11. The van der Waals surface area contributed by atoms with Gasteiger partial charge in [0.05, 0.1) is 0 Å². The largest absolute Gasteiger partial charge is 0.310 e. The molecular weight excluding hydrogens is 825 g/mol. The van der Waals surface area contributed by atoms with Gasteiger partial charge in [-0.05, 0) is 141 Å². The second-order valence-corrected chi connectivity index (χ2v) is 19.9. The number of thiophene rings is 2. The highest BCUT2D eigenvalue weighted by Crippen LogP contribution is 2.54. The van der Waals surface area contributed by atoms with E-state index >= 15 is 0 Å². The van der Waals surface area contributed by atoms with Crippen LogP contribution < -0.4 is 9.80 Å². The number of anilines is 6. The number of rotatable bonds is 7. The van der Waals surface area contributed by atoms with Gasteiger partial charge in [0, 0.05) is 79.9 Å². The molecule has 308 valence electrons. The molecule has 0 fully saturated rings. The van der Waals surface area contributed by atoms with E-state index in [0.29, 0.717) is 0 Å². The van der Waals surface area contributed by atoms with Crippen molar-refractivity contribution in [3.05, 3.63) is 230 Å². The van der Waals surface area contributed by atoms with Gasteiger partial charge in [0.25, 0.3) is 0 Å². The zero-order chi connectivity index (χ0) is 43.2. The Hall–Kier alpha value is -7.50. The van der Waals surface area contributed by atoms with Crippen LogP contribution in [0.5, 0.6) is 0 Å². The highest BCUT2D eigenvalue weighted by atomic mass is 32.1. The van der Waals surface area contributed by atoms with Gasteiger partial charge >= 0.3 is 0 Å². The molecule has 12 aromatic rings. The summed E-state index contributed by atoms with van der Waals surface area (Å²) in [7, 11) is 0. The van der Waals surface area contributed by atoms with Crippen molar-refractivity contribution < 1.29 is 0 Å². The Labute approximate surface area is 386 Å². The normalized spacial score (nSPS) is 12.9. The summed E-state index contributed by atoms with van der Waals surface area (Å²) in [6.45, 7) is 4.78. The first-order valence-electron chi connectivity index (χ1n) is 22.3. The van der Waals surface area contributed by atoms with Gasteiger partial charge in [-0.1, -0.05) is 135 Å². The standard InChI is InChI=1S/C61H42N2S2/c1-61(2)54-26-14-11-25-50(54)60-49-24-10-9-21-46(49)51(38-55(60)61)39-33-44(62(40-17-5-3-6-18-40)42-29-31-58-52(36-42)47-22-12-15-27-56(47)64-58)35-45(34-39)63(41-19-7-4-8-20-41)43-30-32-59-53(37-43)48-23-13-16-28-57(48)65-59/h3-38H,1-2H3. The molecule has 0 aliphatic heterocycles. The minimum absolute atomic E-state index is 0.172. The van der Waals surface area contributed by atoms with Gasteiger partial charge in [-0.2, -0.15) is 0 Å². The molecule has 1 aliphatic carbocycles. The molecule has 0 bridgehead atoms. The van der Waals surface area contributed by atoms with E-state index in [-0.39, 0.29) is 5.41 Å². The van der Waals surface area contributed by atoms with Gasteiger partial charge in [0.15, 0.2) is 0 Å². The monoisotopic (exact) mass is 866 g/mol. The predicted octanol–water partition coefficient (Wildman–Crippen LogP) is 18.5. The van der Waals surface area contributed by atoms with E-state index in [1.54, 1.807) is 0 Å². The molecule has 4 heteroatoms. The van der Waals surface area contributed by atoms with Crippen molar-refractivity contribution in [1.82, 2.24) is 0 Å². The number of fused-ring (bicyclic) bond motifs is 11. The fraction of sp³-hybridized carbons (Fsp3) is 0.0492. The average molecular weight is 867 g/mol. The van der Waals surface area contributed by atoms with Gasteiger partial charge in [0.1, 0.15) is 0 Å². The minimum Gasteiger partial charge on any atom is -0.310 e. The summed E-state index contributed by atoms with van der Waals surface area (Å²) in [4.78, 5) is 4.90. The summed E-state index contributed by atoms with van der Waals surface area (Å²) in [6.07, 6.45) is 0. The highest BCUT2D eigenvalue weighted by Gasteiger charge is 2.37. The molecule has 10 aromatic carbocycles. The molecular formula is C61H42N2S2. The summed E-state index contributed by atoms with van der Waals surface area (Å²) in [6, 6.07) is 81.1. The fourth-order valence-corrected chi connectivity index (χ4v) is 12.7. The molecule has 0 saturated carbocycles. The molecule has 2 heterocycles. The van der Waals surface area contributed by atoms with Crippen molar-refractivity contribution in [2.45, 2.75) is 19.3 Å². The topological polar surface area (TPSA) is 6.48 Å². The number of benzene rings is 10. The molecule has 0 radical (unpaired) electrons. The Morgan fingerprint density at radius 3 is 1.34 bits per heavy atom. The molecule has 2 nitrogen and oxygen atoms in total. The lowest BCUT2D eigenvalue weighted by molar-refractivity contribution is 0.661. The zero-order valence-corrected chi connectivity index (χ0v) is 37.6. The fourth-order valence-electron chi connectivity index (χ4n) is 10.6. The average Bonchev–Trinajstić information content (AvgIpc) is 3.99. The third-order valence-electron chi connectivity index (χ3n) is 13.6. The second-order valence-electron chi connectivity index (χ2n) is 17.7. The lowest BCUT2D eigenvalue weighted by Crippen LogP contribution is -2.15. The van der Waals surface area contributed by atoms with E-state index in [2.05, 4.69) is 242 Å². The van der Waals surface area contributed by atoms with Crippen LogP contribution in [0.2, 0.25) is 0 Å². The van der Waals surface area contributed by atoms with Crippen molar-refractivity contribution in [2.75, 3.05) is 9.80 Å². The molecule has 65 heavy (non-hydrogen) atoms. The van der Waals surface area contributed by atoms with E-state index in [9.17, 15) is 0 Å². The minimum atomic E-state index is -0.172. The maximum atomic E-state index is 2.51. The maximum absolute atomic E-state index is 2.51. The highest BCUT2D eigenvalue weighted by molar-refractivity contribution is 7.26. The molecule has 0 atom stereocenters. The van der Waals surface area contributed by atoms with Crippen molar-refractivity contribution >= 4 is 108 Å². The van der Waals surface area contributed by atoms with Crippen molar-refractivity contribution in [1.29, 1.82) is 0 Å². The lowest BCUT2D eigenvalue weighted by Gasteiger charge is -2.31. The van der Waals surface area contributed by atoms with Crippen LogP contribution in [-0.2, 0) is 5.41 Å². The first kappa shape index (κ1) is 38.0. The van der Waals surface area contributed by atoms with Crippen LogP contribution in [0.3, 0.4) is 0 Å². The van der Waals surface area contributed by atoms with Crippen molar-refractivity contribution in [3.8, 4) is 22.3 Å². The number of hydrogen-bond donors (Lipinski definition) is 0. The van der Waals surface area contributed by atoms with Gasteiger partial charge in [-0.25, -0.2) is 0 Å². The number of nitrogens with zero attached hydrogens (tertiary/aromatic N) is 2. The van der Waals surface area contributed by atoms with Crippen LogP contribution in [-0.4, -0.2) is 0 Å².